The third-order valence-corrected chi connectivity index (χ3v) is 5.13. The number of hydrogen-bond donors (Lipinski definition) is 0. The fourth-order valence-electron chi connectivity index (χ4n) is 3.54. The van der Waals surface area contributed by atoms with Crippen LogP contribution in [-0.2, 0) is 0 Å². The van der Waals surface area contributed by atoms with Crippen LogP contribution in [0.3, 0.4) is 0 Å². The molecule has 0 aliphatic heterocycles. The summed E-state index contributed by atoms with van der Waals surface area (Å²) in [5.74, 6) is 2.79. The molecule has 0 radical (unpaired) electrons. The van der Waals surface area contributed by atoms with Crippen molar-refractivity contribution in [2.75, 3.05) is 35.5 Å². The molecule has 0 heterocycles. The highest BCUT2D eigenvalue weighted by Crippen LogP contribution is 2.45. The summed E-state index contributed by atoms with van der Waals surface area (Å²) in [4.78, 5) is 11.5. The first kappa shape index (κ1) is 22.0. The Labute approximate surface area is 181 Å². The minimum absolute atomic E-state index is 0.203. The molecule has 7 nitrogen and oxygen atoms in total. The van der Waals surface area contributed by atoms with Gasteiger partial charge in [-0.2, -0.15) is 0 Å². The number of methoxy groups -OCH3 is 5. The predicted molar refractivity (Wildman–Crippen MR) is 120 cm³/mol. The normalized spacial score (nSPS) is 10.4. The van der Waals surface area contributed by atoms with Gasteiger partial charge < -0.3 is 23.7 Å². The van der Waals surface area contributed by atoms with Gasteiger partial charge in [-0.25, -0.2) is 0 Å². The molecule has 162 valence electrons. The monoisotopic (exact) mass is 423 g/mol. The Hall–Kier alpha value is -3.74. The van der Waals surface area contributed by atoms with Crippen LogP contribution in [0.2, 0.25) is 0 Å². The van der Waals surface area contributed by atoms with Gasteiger partial charge in [0.05, 0.1) is 35.5 Å². The van der Waals surface area contributed by atoms with E-state index in [9.17, 15) is 4.91 Å². The van der Waals surface area contributed by atoms with Gasteiger partial charge in [-0.1, -0.05) is 6.07 Å². The van der Waals surface area contributed by atoms with Crippen molar-refractivity contribution in [3.05, 3.63) is 52.9 Å². The van der Waals surface area contributed by atoms with Crippen LogP contribution in [0, 0.1) is 11.8 Å². The van der Waals surface area contributed by atoms with Gasteiger partial charge in [0.2, 0.25) is 0 Å². The van der Waals surface area contributed by atoms with Crippen molar-refractivity contribution in [3.63, 3.8) is 0 Å². The molecule has 0 N–H and O–H groups in total. The van der Waals surface area contributed by atoms with Crippen LogP contribution >= 0.6 is 0 Å². The minimum atomic E-state index is 0.203. The Morgan fingerprint density at radius 2 is 1.13 bits per heavy atom. The molecule has 0 fully saturated rings. The second kappa shape index (κ2) is 9.38. The van der Waals surface area contributed by atoms with E-state index in [1.54, 1.807) is 40.6 Å². The quantitative estimate of drug-likeness (QED) is 0.428. The van der Waals surface area contributed by atoms with E-state index in [0.717, 1.165) is 27.8 Å². The van der Waals surface area contributed by atoms with Gasteiger partial charge in [0.15, 0.2) is 28.7 Å². The molecule has 3 aromatic rings. The fourth-order valence-corrected chi connectivity index (χ4v) is 3.54. The number of aryl methyl sites for hydroxylation is 1. The first-order valence-corrected chi connectivity index (χ1v) is 9.52. The zero-order valence-electron chi connectivity index (χ0n) is 18.4. The first-order valence-electron chi connectivity index (χ1n) is 9.52. The molecule has 0 unspecified atom stereocenters. The summed E-state index contributed by atoms with van der Waals surface area (Å²) in [6.45, 7) is 1.98. The molecule has 0 saturated heterocycles. The second-order valence-electron chi connectivity index (χ2n) is 6.75. The smallest absolute Gasteiger partial charge is 0.161 e. The third-order valence-electron chi connectivity index (χ3n) is 5.13. The molecule has 0 spiro atoms. The van der Waals surface area contributed by atoms with Crippen LogP contribution in [0.4, 0.5) is 5.69 Å². The fraction of sp³-hybridized carbons (Fsp3) is 0.250. The highest BCUT2D eigenvalue weighted by Gasteiger charge is 2.19. The number of hydrogen-bond acceptors (Lipinski definition) is 7. The number of rotatable bonds is 8. The van der Waals surface area contributed by atoms with E-state index < -0.39 is 0 Å². The molecule has 3 aromatic carbocycles. The largest absolute Gasteiger partial charge is 0.494 e. The molecule has 0 bridgehead atoms. The van der Waals surface area contributed by atoms with Gasteiger partial charge >= 0.3 is 0 Å². The van der Waals surface area contributed by atoms with Crippen molar-refractivity contribution in [1.82, 2.24) is 0 Å². The molecule has 0 aromatic heterocycles. The Kier molecular flexibility index (Phi) is 6.65. The van der Waals surface area contributed by atoms with Crippen LogP contribution in [0.1, 0.15) is 5.56 Å². The van der Waals surface area contributed by atoms with E-state index >= 15 is 0 Å². The number of nitrogens with zero attached hydrogens (tertiary/aromatic N) is 1. The second-order valence-corrected chi connectivity index (χ2v) is 6.75. The van der Waals surface area contributed by atoms with Gasteiger partial charge in [0.25, 0.3) is 0 Å². The molecular weight excluding hydrogens is 398 g/mol. The maximum Gasteiger partial charge on any atom is 0.161 e. The summed E-state index contributed by atoms with van der Waals surface area (Å²) in [6, 6.07) is 12.9. The topological polar surface area (TPSA) is 75.6 Å². The Morgan fingerprint density at radius 1 is 0.581 bits per heavy atom. The van der Waals surface area contributed by atoms with Crippen molar-refractivity contribution in [2.45, 2.75) is 6.92 Å². The summed E-state index contributed by atoms with van der Waals surface area (Å²) in [7, 11) is 7.85. The molecule has 0 atom stereocenters. The van der Waals surface area contributed by atoms with E-state index in [1.165, 1.54) is 7.11 Å². The van der Waals surface area contributed by atoms with Gasteiger partial charge in [0, 0.05) is 0 Å². The van der Waals surface area contributed by atoms with Gasteiger partial charge in [-0.15, -0.1) is 4.91 Å². The highest BCUT2D eigenvalue weighted by atomic mass is 16.5. The molecule has 0 aliphatic rings. The maximum atomic E-state index is 11.5. The highest BCUT2D eigenvalue weighted by molar-refractivity contribution is 5.90. The first-order chi connectivity index (χ1) is 15.0. The minimum Gasteiger partial charge on any atom is -0.494 e. The summed E-state index contributed by atoms with van der Waals surface area (Å²) < 4.78 is 27.2. The van der Waals surface area contributed by atoms with Crippen LogP contribution in [-0.4, -0.2) is 35.5 Å². The molecule has 31 heavy (non-hydrogen) atoms. The molecular formula is C24H25NO6. The molecule has 3 rings (SSSR count). The maximum absolute atomic E-state index is 11.5. The molecule has 0 amide bonds. The van der Waals surface area contributed by atoms with Crippen molar-refractivity contribution in [1.29, 1.82) is 0 Å². The number of benzene rings is 3. The van der Waals surface area contributed by atoms with Crippen LogP contribution in [0.5, 0.6) is 28.7 Å². The lowest BCUT2D eigenvalue weighted by Gasteiger charge is -2.18. The SMILES string of the molecule is COc1cc(-c2cc(OC)c(OC)cc2C)c(-c2ccc(OC)c(OC)c2)cc1N=O. The lowest BCUT2D eigenvalue weighted by Crippen LogP contribution is -1.96. The Bertz CT molecular complexity index is 1110. The molecule has 0 aliphatic carbocycles. The van der Waals surface area contributed by atoms with E-state index in [1.807, 2.05) is 37.3 Å². The lowest BCUT2D eigenvalue weighted by molar-refractivity contribution is 0.355. The van der Waals surface area contributed by atoms with Crippen LogP contribution < -0.4 is 23.7 Å². The van der Waals surface area contributed by atoms with Gasteiger partial charge in [-0.3, -0.25) is 0 Å². The van der Waals surface area contributed by atoms with E-state index in [-0.39, 0.29) is 5.69 Å². The van der Waals surface area contributed by atoms with Crippen LogP contribution in [0.15, 0.2) is 47.6 Å². The standard InChI is InChI=1S/C24H25NO6/c1-14-9-22(29-4)24(31-6)12-16(14)18-13-21(28-3)19(25-26)11-17(18)15-7-8-20(27-2)23(10-15)30-5/h7-13H,1-6H3. The average Bonchev–Trinajstić information content (AvgIpc) is 2.82. The van der Waals surface area contributed by atoms with Gasteiger partial charge in [0.1, 0.15) is 5.75 Å². The van der Waals surface area contributed by atoms with Crippen molar-refractivity contribution < 1.29 is 23.7 Å². The van der Waals surface area contributed by atoms with Crippen molar-refractivity contribution >= 4 is 5.69 Å². The van der Waals surface area contributed by atoms with E-state index in [0.29, 0.717) is 28.7 Å². The van der Waals surface area contributed by atoms with Crippen LogP contribution in [0.25, 0.3) is 22.3 Å². The van der Waals surface area contributed by atoms with Crippen molar-refractivity contribution in [2.24, 2.45) is 5.18 Å². The zero-order chi connectivity index (χ0) is 22.5. The summed E-state index contributed by atoms with van der Waals surface area (Å²) in [6.07, 6.45) is 0. The summed E-state index contributed by atoms with van der Waals surface area (Å²) in [5.41, 5.74) is 4.52. The number of ether oxygens (including phenoxy) is 5. The summed E-state index contributed by atoms with van der Waals surface area (Å²) in [5, 5.41) is 3.15. The van der Waals surface area contributed by atoms with E-state index in [4.69, 9.17) is 23.7 Å². The predicted octanol–water partition coefficient (Wildman–Crippen LogP) is 5.77. The third kappa shape index (κ3) is 4.12. The average molecular weight is 423 g/mol. The molecule has 0 saturated carbocycles. The Balaban J connectivity index is 2.34. The van der Waals surface area contributed by atoms with Gasteiger partial charge in [-0.05, 0) is 76.3 Å². The Morgan fingerprint density at radius 3 is 1.71 bits per heavy atom. The zero-order valence-corrected chi connectivity index (χ0v) is 18.4. The van der Waals surface area contributed by atoms with E-state index in [2.05, 4.69) is 5.18 Å². The number of nitroso groups, excluding NO2 is 1. The lowest BCUT2D eigenvalue weighted by atomic mass is 9.90. The van der Waals surface area contributed by atoms with Crippen molar-refractivity contribution in [3.8, 4) is 51.0 Å². The molecule has 7 heteroatoms. The summed E-state index contributed by atoms with van der Waals surface area (Å²) >= 11 is 0.